The number of hydrogen-bond donors (Lipinski definition) is 0. The number of anilines is 1. The first kappa shape index (κ1) is 16.8. The highest BCUT2D eigenvalue weighted by molar-refractivity contribution is 5.94. The SMILES string of the molecule is CCOc1cccc(N2CCN(C(=O)c3ccoc3)CC2)c1[N+](=O)[O-]. The van der Waals surface area contributed by atoms with E-state index >= 15 is 0 Å². The highest BCUT2D eigenvalue weighted by Gasteiger charge is 2.29. The largest absolute Gasteiger partial charge is 0.487 e. The fourth-order valence-corrected chi connectivity index (χ4v) is 2.94. The zero-order chi connectivity index (χ0) is 17.8. The Hall–Kier alpha value is -3.03. The van der Waals surface area contributed by atoms with Crippen LogP contribution in [0.15, 0.2) is 41.2 Å². The van der Waals surface area contributed by atoms with Crippen molar-refractivity contribution in [2.45, 2.75) is 6.92 Å². The van der Waals surface area contributed by atoms with Gasteiger partial charge in [0.25, 0.3) is 5.91 Å². The molecule has 0 aliphatic carbocycles. The fourth-order valence-electron chi connectivity index (χ4n) is 2.94. The van der Waals surface area contributed by atoms with Gasteiger partial charge in [0.15, 0.2) is 5.75 Å². The summed E-state index contributed by atoms with van der Waals surface area (Å²) in [5, 5.41) is 11.5. The van der Waals surface area contributed by atoms with Crippen molar-refractivity contribution in [2.24, 2.45) is 0 Å². The molecule has 1 aromatic heterocycles. The third kappa shape index (κ3) is 3.42. The predicted octanol–water partition coefficient (Wildman–Crippen LogP) is 2.55. The molecule has 0 radical (unpaired) electrons. The number of nitro benzene ring substituents is 1. The Morgan fingerprint density at radius 1 is 1.28 bits per heavy atom. The molecule has 2 aromatic rings. The number of rotatable bonds is 5. The summed E-state index contributed by atoms with van der Waals surface area (Å²) in [6.07, 6.45) is 2.89. The van der Waals surface area contributed by atoms with E-state index in [4.69, 9.17) is 9.15 Å². The lowest BCUT2D eigenvalue weighted by molar-refractivity contribution is -0.385. The zero-order valence-corrected chi connectivity index (χ0v) is 13.9. The molecular formula is C17H19N3O5. The summed E-state index contributed by atoms with van der Waals surface area (Å²) in [6, 6.07) is 6.69. The van der Waals surface area contributed by atoms with Crippen LogP contribution in [0.4, 0.5) is 11.4 Å². The van der Waals surface area contributed by atoms with Crippen molar-refractivity contribution in [3.8, 4) is 5.75 Å². The monoisotopic (exact) mass is 345 g/mol. The van der Waals surface area contributed by atoms with Crippen LogP contribution in [0, 0.1) is 10.1 Å². The average Bonchev–Trinajstić information content (AvgIpc) is 3.16. The van der Waals surface area contributed by atoms with E-state index in [1.54, 1.807) is 36.1 Å². The second-order valence-electron chi connectivity index (χ2n) is 5.61. The predicted molar refractivity (Wildman–Crippen MR) is 91.1 cm³/mol. The van der Waals surface area contributed by atoms with Gasteiger partial charge in [0.2, 0.25) is 0 Å². The molecule has 8 nitrogen and oxygen atoms in total. The number of nitro groups is 1. The van der Waals surface area contributed by atoms with E-state index in [1.165, 1.54) is 12.5 Å². The maximum absolute atomic E-state index is 12.3. The molecule has 1 aromatic carbocycles. The number of amides is 1. The lowest BCUT2D eigenvalue weighted by atomic mass is 10.2. The van der Waals surface area contributed by atoms with Gasteiger partial charge in [0.1, 0.15) is 12.0 Å². The van der Waals surface area contributed by atoms with Crippen molar-refractivity contribution in [1.82, 2.24) is 4.90 Å². The second-order valence-corrected chi connectivity index (χ2v) is 5.61. The van der Waals surface area contributed by atoms with Crippen LogP contribution < -0.4 is 9.64 Å². The lowest BCUT2D eigenvalue weighted by Crippen LogP contribution is -2.48. The number of carbonyl (C=O) groups excluding carboxylic acids is 1. The summed E-state index contributed by atoms with van der Waals surface area (Å²) in [5.74, 6) is 0.174. The van der Waals surface area contributed by atoms with Crippen LogP contribution >= 0.6 is 0 Å². The number of piperazine rings is 1. The molecule has 0 spiro atoms. The van der Waals surface area contributed by atoms with Gasteiger partial charge in [0, 0.05) is 26.2 Å². The molecule has 1 saturated heterocycles. The van der Waals surface area contributed by atoms with Crippen molar-refractivity contribution in [2.75, 3.05) is 37.7 Å². The number of ether oxygens (including phenoxy) is 1. The molecule has 3 rings (SSSR count). The van der Waals surface area contributed by atoms with Gasteiger partial charge in [-0.05, 0) is 25.1 Å². The van der Waals surface area contributed by atoms with E-state index in [1.807, 2.05) is 4.90 Å². The quantitative estimate of drug-likeness (QED) is 0.611. The van der Waals surface area contributed by atoms with Crippen LogP contribution in [0.1, 0.15) is 17.3 Å². The lowest BCUT2D eigenvalue weighted by Gasteiger charge is -2.35. The van der Waals surface area contributed by atoms with Crippen LogP contribution in [0.5, 0.6) is 5.75 Å². The van der Waals surface area contributed by atoms with Crippen molar-refractivity contribution in [3.63, 3.8) is 0 Å². The number of furan rings is 1. The van der Waals surface area contributed by atoms with Gasteiger partial charge >= 0.3 is 5.69 Å². The molecule has 1 fully saturated rings. The second kappa shape index (κ2) is 7.25. The third-order valence-electron chi connectivity index (χ3n) is 4.14. The summed E-state index contributed by atoms with van der Waals surface area (Å²) in [7, 11) is 0. The Bertz CT molecular complexity index is 752. The molecule has 1 aliphatic rings. The number of para-hydroxylation sites is 1. The number of hydrogen-bond acceptors (Lipinski definition) is 6. The first-order chi connectivity index (χ1) is 12.1. The van der Waals surface area contributed by atoms with Crippen molar-refractivity contribution < 1.29 is 18.9 Å². The van der Waals surface area contributed by atoms with Gasteiger partial charge in [0.05, 0.1) is 23.4 Å². The topological polar surface area (TPSA) is 89.1 Å². The van der Waals surface area contributed by atoms with E-state index in [0.29, 0.717) is 44.0 Å². The molecule has 0 saturated carbocycles. The molecule has 0 N–H and O–H groups in total. The van der Waals surface area contributed by atoms with Crippen molar-refractivity contribution >= 4 is 17.3 Å². The van der Waals surface area contributed by atoms with Crippen LogP contribution in [-0.2, 0) is 0 Å². The molecule has 25 heavy (non-hydrogen) atoms. The highest BCUT2D eigenvalue weighted by atomic mass is 16.6. The van der Waals surface area contributed by atoms with E-state index in [-0.39, 0.29) is 17.3 Å². The van der Waals surface area contributed by atoms with E-state index in [0.717, 1.165) is 0 Å². The maximum Gasteiger partial charge on any atom is 0.333 e. The molecular weight excluding hydrogens is 326 g/mol. The minimum atomic E-state index is -0.413. The summed E-state index contributed by atoms with van der Waals surface area (Å²) >= 11 is 0. The van der Waals surface area contributed by atoms with E-state index in [2.05, 4.69) is 0 Å². The van der Waals surface area contributed by atoms with E-state index < -0.39 is 4.92 Å². The van der Waals surface area contributed by atoms with E-state index in [9.17, 15) is 14.9 Å². The Labute approximate surface area is 144 Å². The van der Waals surface area contributed by atoms with Gasteiger partial charge in [-0.15, -0.1) is 0 Å². The zero-order valence-electron chi connectivity index (χ0n) is 13.9. The molecule has 1 aliphatic heterocycles. The average molecular weight is 345 g/mol. The van der Waals surface area contributed by atoms with Crippen LogP contribution in [0.3, 0.4) is 0 Å². The third-order valence-corrected chi connectivity index (χ3v) is 4.14. The molecule has 0 atom stereocenters. The molecule has 132 valence electrons. The number of nitrogens with zero attached hydrogens (tertiary/aromatic N) is 3. The summed E-state index contributed by atoms with van der Waals surface area (Å²) in [5.41, 5.74) is 1.00. The normalized spacial score (nSPS) is 14.4. The Kier molecular flexibility index (Phi) is 4.87. The molecule has 1 amide bonds. The minimum absolute atomic E-state index is 0.0287. The molecule has 0 bridgehead atoms. The smallest absolute Gasteiger partial charge is 0.333 e. The van der Waals surface area contributed by atoms with Gasteiger partial charge in [-0.2, -0.15) is 0 Å². The first-order valence-corrected chi connectivity index (χ1v) is 8.08. The van der Waals surface area contributed by atoms with Crippen molar-refractivity contribution in [3.05, 3.63) is 52.5 Å². The summed E-state index contributed by atoms with van der Waals surface area (Å²) < 4.78 is 10.3. The maximum atomic E-state index is 12.3. The van der Waals surface area contributed by atoms with Crippen molar-refractivity contribution in [1.29, 1.82) is 0 Å². The molecule has 0 unspecified atom stereocenters. The highest BCUT2D eigenvalue weighted by Crippen LogP contribution is 2.37. The standard InChI is InChI=1S/C17H19N3O5/c1-2-25-15-5-3-4-14(16(15)20(22)23)18-7-9-19(10-8-18)17(21)13-6-11-24-12-13/h3-6,11-12H,2,7-10H2,1H3. The Morgan fingerprint density at radius 2 is 2.04 bits per heavy atom. The fraction of sp³-hybridized carbons (Fsp3) is 0.353. The number of benzene rings is 1. The summed E-state index contributed by atoms with van der Waals surface area (Å²) in [4.78, 5) is 27.1. The number of carbonyl (C=O) groups is 1. The van der Waals surface area contributed by atoms with Gasteiger partial charge in [-0.25, -0.2) is 0 Å². The van der Waals surface area contributed by atoms with Gasteiger partial charge < -0.3 is 19.0 Å². The van der Waals surface area contributed by atoms with Crippen LogP contribution in [-0.4, -0.2) is 48.5 Å². The Morgan fingerprint density at radius 3 is 2.64 bits per heavy atom. The molecule has 2 heterocycles. The minimum Gasteiger partial charge on any atom is -0.487 e. The van der Waals surface area contributed by atoms with Gasteiger partial charge in [-0.1, -0.05) is 6.07 Å². The van der Waals surface area contributed by atoms with Crippen LogP contribution in [0.2, 0.25) is 0 Å². The first-order valence-electron chi connectivity index (χ1n) is 8.08. The summed E-state index contributed by atoms with van der Waals surface area (Å²) in [6.45, 7) is 4.15. The molecule has 8 heteroatoms. The van der Waals surface area contributed by atoms with Crippen LogP contribution in [0.25, 0.3) is 0 Å². The Balaban J connectivity index is 1.76. The van der Waals surface area contributed by atoms with Gasteiger partial charge in [-0.3, -0.25) is 14.9 Å².